The Labute approximate surface area is 128 Å². The molecule has 0 unspecified atom stereocenters. The number of thiazole rings is 1. The largest absolute Gasteiger partial charge is 0.486 e. The minimum Gasteiger partial charge on any atom is -0.486 e. The zero-order valence-corrected chi connectivity index (χ0v) is 12.8. The van der Waals surface area contributed by atoms with Crippen molar-refractivity contribution in [1.82, 2.24) is 10.3 Å². The first kappa shape index (κ1) is 14.1. The second-order valence-electron chi connectivity index (χ2n) is 5.24. The van der Waals surface area contributed by atoms with Gasteiger partial charge in [0.1, 0.15) is 17.4 Å². The van der Waals surface area contributed by atoms with Crippen LogP contribution < -0.4 is 10.1 Å². The summed E-state index contributed by atoms with van der Waals surface area (Å²) in [5.74, 6) is 0.929. The van der Waals surface area contributed by atoms with Crippen LogP contribution in [-0.4, -0.2) is 16.9 Å². The average Bonchev–Trinajstić information content (AvgIpc) is 3.22. The molecule has 5 heteroatoms. The van der Waals surface area contributed by atoms with Crippen molar-refractivity contribution in [3.05, 3.63) is 45.9 Å². The number of hydrogen-bond donors (Lipinski definition) is 1. The Morgan fingerprint density at radius 1 is 1.38 bits per heavy atom. The van der Waals surface area contributed by atoms with Crippen LogP contribution in [0.15, 0.2) is 30.3 Å². The number of benzene rings is 1. The highest BCUT2D eigenvalue weighted by Crippen LogP contribution is 2.22. The van der Waals surface area contributed by atoms with Crippen LogP contribution in [0.1, 0.15) is 28.4 Å². The SMILES string of the molecule is Cc1nc(COc2ccccc2)sc1CC(=O)NC1CC1. The molecule has 0 saturated heterocycles. The third kappa shape index (κ3) is 4.04. The van der Waals surface area contributed by atoms with E-state index in [1.807, 2.05) is 37.3 Å². The summed E-state index contributed by atoms with van der Waals surface area (Å²) in [6, 6.07) is 10.1. The standard InChI is InChI=1S/C16H18N2O2S/c1-11-14(9-15(19)18-12-7-8-12)21-16(17-11)10-20-13-5-3-2-4-6-13/h2-6,12H,7-10H2,1H3,(H,18,19). The summed E-state index contributed by atoms with van der Waals surface area (Å²) in [6.45, 7) is 2.39. The van der Waals surface area contributed by atoms with Crippen LogP contribution in [0, 0.1) is 6.92 Å². The van der Waals surface area contributed by atoms with E-state index in [9.17, 15) is 4.79 Å². The normalized spacial score (nSPS) is 14.0. The first-order chi connectivity index (χ1) is 10.2. The van der Waals surface area contributed by atoms with E-state index in [2.05, 4.69) is 10.3 Å². The van der Waals surface area contributed by atoms with Crippen LogP contribution >= 0.6 is 11.3 Å². The van der Waals surface area contributed by atoms with E-state index in [-0.39, 0.29) is 5.91 Å². The van der Waals surface area contributed by atoms with Crippen molar-refractivity contribution < 1.29 is 9.53 Å². The third-order valence-corrected chi connectivity index (χ3v) is 4.44. The molecule has 1 aliphatic rings. The Kier molecular flexibility index (Phi) is 4.20. The minimum atomic E-state index is 0.0970. The summed E-state index contributed by atoms with van der Waals surface area (Å²) in [5.41, 5.74) is 0.928. The van der Waals surface area contributed by atoms with Gasteiger partial charge in [-0.2, -0.15) is 0 Å². The molecule has 1 aromatic heterocycles. The van der Waals surface area contributed by atoms with Crippen molar-refractivity contribution in [3.63, 3.8) is 0 Å². The zero-order chi connectivity index (χ0) is 14.7. The lowest BCUT2D eigenvalue weighted by Gasteiger charge is -2.02. The smallest absolute Gasteiger partial charge is 0.225 e. The molecule has 2 aromatic rings. The second kappa shape index (κ2) is 6.26. The Balaban J connectivity index is 1.57. The number of carbonyl (C=O) groups excluding carboxylic acids is 1. The van der Waals surface area contributed by atoms with Gasteiger partial charge in [-0.05, 0) is 31.9 Å². The molecule has 4 nitrogen and oxygen atoms in total. The summed E-state index contributed by atoms with van der Waals surface area (Å²) < 4.78 is 5.69. The van der Waals surface area contributed by atoms with Crippen molar-refractivity contribution in [2.24, 2.45) is 0 Å². The van der Waals surface area contributed by atoms with Gasteiger partial charge >= 0.3 is 0 Å². The molecule has 0 aliphatic heterocycles. The fraction of sp³-hybridized carbons (Fsp3) is 0.375. The Bertz CT molecular complexity index is 620. The van der Waals surface area contributed by atoms with Gasteiger partial charge in [-0.1, -0.05) is 18.2 Å². The van der Waals surface area contributed by atoms with E-state index in [4.69, 9.17) is 4.74 Å². The van der Waals surface area contributed by atoms with Gasteiger partial charge in [0.15, 0.2) is 0 Å². The molecule has 3 rings (SSSR count). The van der Waals surface area contributed by atoms with Gasteiger partial charge in [0, 0.05) is 10.9 Å². The van der Waals surface area contributed by atoms with Crippen molar-refractivity contribution in [2.45, 2.75) is 38.8 Å². The van der Waals surface area contributed by atoms with Gasteiger partial charge < -0.3 is 10.1 Å². The molecule has 1 aliphatic carbocycles. The number of aromatic nitrogens is 1. The van der Waals surface area contributed by atoms with Crippen molar-refractivity contribution >= 4 is 17.2 Å². The van der Waals surface area contributed by atoms with E-state index < -0.39 is 0 Å². The summed E-state index contributed by atoms with van der Waals surface area (Å²) in [5, 5.41) is 3.91. The van der Waals surface area contributed by atoms with E-state index in [0.29, 0.717) is 19.1 Å². The van der Waals surface area contributed by atoms with Gasteiger partial charge in [-0.3, -0.25) is 4.79 Å². The van der Waals surface area contributed by atoms with E-state index in [1.54, 1.807) is 11.3 Å². The van der Waals surface area contributed by atoms with E-state index in [0.717, 1.165) is 34.2 Å². The second-order valence-corrected chi connectivity index (χ2v) is 6.40. The molecule has 0 bridgehead atoms. The molecule has 1 N–H and O–H groups in total. The van der Waals surface area contributed by atoms with Crippen molar-refractivity contribution in [1.29, 1.82) is 0 Å². The average molecular weight is 302 g/mol. The molecule has 0 radical (unpaired) electrons. The number of hydrogen-bond acceptors (Lipinski definition) is 4. The molecule has 0 spiro atoms. The lowest BCUT2D eigenvalue weighted by atomic mass is 10.3. The van der Waals surface area contributed by atoms with E-state index >= 15 is 0 Å². The molecule has 1 fully saturated rings. The lowest BCUT2D eigenvalue weighted by Crippen LogP contribution is -2.26. The molecule has 1 aromatic carbocycles. The van der Waals surface area contributed by atoms with Crippen LogP contribution in [0.3, 0.4) is 0 Å². The number of carbonyl (C=O) groups is 1. The number of rotatable bonds is 6. The maximum Gasteiger partial charge on any atom is 0.225 e. The minimum absolute atomic E-state index is 0.0970. The first-order valence-corrected chi connectivity index (χ1v) is 7.95. The number of aryl methyl sites for hydroxylation is 1. The van der Waals surface area contributed by atoms with Gasteiger partial charge in [0.2, 0.25) is 5.91 Å². The van der Waals surface area contributed by atoms with Gasteiger partial charge in [-0.15, -0.1) is 11.3 Å². The zero-order valence-electron chi connectivity index (χ0n) is 12.0. The number of nitrogens with zero attached hydrogens (tertiary/aromatic N) is 1. The number of para-hydroxylation sites is 1. The molecule has 1 heterocycles. The Hall–Kier alpha value is -1.88. The summed E-state index contributed by atoms with van der Waals surface area (Å²) in [6.07, 6.45) is 2.65. The number of ether oxygens (including phenoxy) is 1. The van der Waals surface area contributed by atoms with Crippen LogP contribution in [0.25, 0.3) is 0 Å². The highest BCUT2D eigenvalue weighted by Gasteiger charge is 2.23. The predicted molar refractivity (Wildman–Crippen MR) is 82.5 cm³/mol. The van der Waals surface area contributed by atoms with Crippen LogP contribution in [0.2, 0.25) is 0 Å². The van der Waals surface area contributed by atoms with Crippen LogP contribution in [0.4, 0.5) is 0 Å². The molecule has 21 heavy (non-hydrogen) atoms. The lowest BCUT2D eigenvalue weighted by molar-refractivity contribution is -0.120. The quantitative estimate of drug-likeness (QED) is 0.892. The predicted octanol–water partition coefficient (Wildman–Crippen LogP) is 2.85. The maximum atomic E-state index is 11.8. The van der Waals surface area contributed by atoms with Crippen LogP contribution in [0.5, 0.6) is 5.75 Å². The third-order valence-electron chi connectivity index (χ3n) is 3.31. The number of nitrogens with one attached hydrogen (secondary N) is 1. The molecular formula is C16H18N2O2S. The fourth-order valence-corrected chi connectivity index (χ4v) is 3.01. The fourth-order valence-electron chi connectivity index (χ4n) is 2.03. The summed E-state index contributed by atoms with van der Waals surface area (Å²) in [7, 11) is 0. The molecule has 1 saturated carbocycles. The molecule has 1 amide bonds. The molecular weight excluding hydrogens is 284 g/mol. The summed E-state index contributed by atoms with van der Waals surface area (Å²) >= 11 is 1.56. The van der Waals surface area contributed by atoms with Gasteiger partial charge in [0.25, 0.3) is 0 Å². The van der Waals surface area contributed by atoms with Gasteiger partial charge in [0.05, 0.1) is 12.1 Å². The molecule has 110 valence electrons. The van der Waals surface area contributed by atoms with Gasteiger partial charge in [-0.25, -0.2) is 4.98 Å². The highest BCUT2D eigenvalue weighted by atomic mass is 32.1. The number of amides is 1. The maximum absolute atomic E-state index is 11.8. The first-order valence-electron chi connectivity index (χ1n) is 7.13. The topological polar surface area (TPSA) is 51.2 Å². The monoisotopic (exact) mass is 302 g/mol. The van der Waals surface area contributed by atoms with Crippen molar-refractivity contribution in [3.8, 4) is 5.75 Å². The summed E-state index contributed by atoms with van der Waals surface area (Å²) in [4.78, 5) is 17.4. The molecule has 0 atom stereocenters. The Morgan fingerprint density at radius 2 is 2.14 bits per heavy atom. The van der Waals surface area contributed by atoms with Crippen LogP contribution in [-0.2, 0) is 17.8 Å². The highest BCUT2D eigenvalue weighted by molar-refractivity contribution is 7.11. The van der Waals surface area contributed by atoms with Crippen molar-refractivity contribution in [2.75, 3.05) is 0 Å². The Morgan fingerprint density at radius 3 is 2.86 bits per heavy atom. The van der Waals surface area contributed by atoms with E-state index in [1.165, 1.54) is 0 Å².